The molecule has 496 valence electrons. The van der Waals surface area contributed by atoms with Crippen LogP contribution in [0.3, 0.4) is 0 Å². The number of hydrogen-bond donors (Lipinski definition) is 5. The molecule has 9 atom stereocenters. The van der Waals surface area contributed by atoms with Crippen LogP contribution in [0.1, 0.15) is 143 Å². The van der Waals surface area contributed by atoms with Crippen LogP contribution in [0.2, 0.25) is 15.1 Å². The van der Waals surface area contributed by atoms with Crippen LogP contribution in [-0.4, -0.2) is 73.4 Å². The number of benzene rings is 6. The van der Waals surface area contributed by atoms with E-state index in [9.17, 15) is 28.8 Å². The van der Waals surface area contributed by atoms with Crippen molar-refractivity contribution in [1.29, 1.82) is 0 Å². The van der Waals surface area contributed by atoms with Crippen LogP contribution < -0.4 is 21.7 Å². The molecule has 3 fully saturated rings. The van der Waals surface area contributed by atoms with E-state index in [2.05, 4.69) is 67.3 Å². The number of ketones is 2. The second kappa shape index (κ2) is 35.6. The minimum absolute atomic E-state index is 0. The predicted octanol–water partition coefficient (Wildman–Crippen LogP) is 15.9. The summed E-state index contributed by atoms with van der Waals surface area (Å²) in [7, 11) is 0. The number of nitrogens with one attached hydrogen (secondary N) is 3. The highest BCUT2D eigenvalue weighted by Crippen LogP contribution is 2.41. The Kier molecular flexibility index (Phi) is 27.2. The number of rotatable bonds is 19. The van der Waals surface area contributed by atoms with Crippen molar-refractivity contribution in [2.75, 3.05) is 0 Å². The molecule has 3 aliphatic rings. The van der Waals surface area contributed by atoms with Crippen LogP contribution in [0.4, 0.5) is 0 Å². The third kappa shape index (κ3) is 20.5. The maximum absolute atomic E-state index is 12.7. The van der Waals surface area contributed by atoms with Gasteiger partial charge in [-0.2, -0.15) is 0 Å². The fourth-order valence-electron chi connectivity index (χ4n) is 12.8. The second-order valence-corrected chi connectivity index (χ2v) is 26.2. The van der Waals surface area contributed by atoms with E-state index >= 15 is 0 Å². The first-order valence-corrected chi connectivity index (χ1v) is 33.7. The lowest BCUT2D eigenvalue weighted by atomic mass is 9.96. The topological polar surface area (TPSA) is 223 Å². The quantitative estimate of drug-likeness (QED) is 0.0512. The molecule has 3 amide bonds. The van der Waals surface area contributed by atoms with Crippen molar-refractivity contribution in [3.63, 3.8) is 0 Å². The normalized spacial score (nSPS) is 18.8. The molecular formula is C77H83Cl4N7O7. The third-order valence-corrected chi connectivity index (χ3v) is 19.4. The van der Waals surface area contributed by atoms with E-state index in [0.717, 1.165) is 112 Å². The van der Waals surface area contributed by atoms with E-state index in [1.807, 2.05) is 127 Å². The summed E-state index contributed by atoms with van der Waals surface area (Å²) in [5.41, 5.74) is 14.9. The molecule has 6 aromatic carbocycles. The number of fused-ring (bicyclic) bond motifs is 3. The van der Waals surface area contributed by atoms with E-state index in [0.29, 0.717) is 60.0 Å². The van der Waals surface area contributed by atoms with Gasteiger partial charge in [0, 0.05) is 87.0 Å². The molecule has 0 bridgehead atoms. The number of hydrogen-bond acceptors (Lipinski definition) is 10. The van der Waals surface area contributed by atoms with Crippen molar-refractivity contribution in [3.05, 3.63) is 231 Å². The molecule has 9 aromatic rings. The zero-order valence-corrected chi connectivity index (χ0v) is 56.9. The van der Waals surface area contributed by atoms with E-state index in [4.69, 9.17) is 45.6 Å². The molecule has 3 saturated carbocycles. The zero-order valence-electron chi connectivity index (χ0n) is 53.8. The smallest absolute Gasteiger partial charge is 0.325 e. The first-order valence-electron chi connectivity index (χ1n) is 32.5. The van der Waals surface area contributed by atoms with E-state index in [1.54, 1.807) is 32.4 Å². The van der Waals surface area contributed by atoms with Gasteiger partial charge in [-0.3, -0.25) is 43.7 Å². The molecule has 3 heterocycles. The number of carboxylic acid groups (broad SMARTS) is 1. The number of aromatic nitrogens is 3. The fraction of sp³-hybridized carbons (Fsp3) is 0.338. The molecular weight excluding hydrogens is 1280 g/mol. The van der Waals surface area contributed by atoms with Crippen molar-refractivity contribution < 1.29 is 33.9 Å². The van der Waals surface area contributed by atoms with Crippen LogP contribution >= 0.6 is 47.2 Å². The molecule has 0 unspecified atom stereocenters. The number of carbonyl (C=O) groups excluding carboxylic acids is 5. The highest BCUT2D eigenvalue weighted by Gasteiger charge is 2.34. The lowest BCUT2D eigenvalue weighted by molar-refractivity contribution is -0.141. The van der Waals surface area contributed by atoms with Crippen molar-refractivity contribution in [2.45, 2.75) is 147 Å². The Hall–Kier alpha value is -8.11. The van der Waals surface area contributed by atoms with Gasteiger partial charge in [0.1, 0.15) is 6.04 Å². The number of amides is 3. The molecule has 12 rings (SSSR count). The van der Waals surface area contributed by atoms with Gasteiger partial charge in [-0.15, -0.1) is 12.4 Å². The molecule has 3 aromatic heterocycles. The average molecular weight is 1360 g/mol. The Bertz CT molecular complexity index is 3900. The SMILES string of the molecule is C[C@H](NC(=O)[C@@H]1CC[C@@H](c2ccccc2)C1)C(=O)CCc1cnc2cccc(Cl)c2c1.C[C@H](NC(=O)[C@@H]1CC[C@@H](c2ccccc2)C1)C(=O)CCc1cnc2cccc(Cl)c2c1.C[C@H](NC(=O)[C@@H]1CC[C@@H](c2ccccc2)C1)C(=O)O.Cl.NCc1cnc2cccc(Cl)c2c1. The standard InChI is InChI=1S/2C26H27ClN2O2.C15H19NO3.C10H9ClN2.ClH/c2*1-17(29-26(31)21-12-11-20(15-21)19-6-3-2-4-7-19)25(30)13-10-18-14-22-23(27)8-5-9-24(22)28-16-18;1-10(15(18)19)16-14(17)13-8-7-12(9-13)11-5-3-2-4-6-11;11-9-2-1-3-10-8(9)4-7(5-12)6-13-10;/h2*2-9,14,16-17,20-21H,10-13,15H2,1H3,(H,29,31);2-6,10,12-13H,7-9H2,1H3,(H,16,17)(H,18,19);1-4,6H,5,12H2;1H/t2*17-,20+,21+;10-,12+,13+;;/m000../s1. The minimum atomic E-state index is -0.994. The molecule has 6 N–H and O–H groups in total. The summed E-state index contributed by atoms with van der Waals surface area (Å²) >= 11 is 18.5. The molecule has 18 heteroatoms. The number of pyridine rings is 3. The number of aliphatic carboxylic acids is 1. The Morgan fingerprint density at radius 3 is 1.06 bits per heavy atom. The number of carboxylic acids is 1. The van der Waals surface area contributed by atoms with Gasteiger partial charge in [-0.05, 0) is 197 Å². The molecule has 14 nitrogen and oxygen atoms in total. The number of halogens is 4. The van der Waals surface area contributed by atoms with Gasteiger partial charge in [0.2, 0.25) is 17.7 Å². The maximum atomic E-state index is 12.7. The maximum Gasteiger partial charge on any atom is 0.325 e. The minimum Gasteiger partial charge on any atom is -0.480 e. The van der Waals surface area contributed by atoms with Crippen molar-refractivity contribution >= 4 is 115 Å². The van der Waals surface area contributed by atoms with Crippen molar-refractivity contribution in [1.82, 2.24) is 30.9 Å². The number of aryl methyl sites for hydroxylation is 2. The summed E-state index contributed by atoms with van der Waals surface area (Å²) in [5, 5.41) is 22.0. The van der Waals surface area contributed by atoms with E-state index in [1.165, 1.54) is 23.6 Å². The molecule has 95 heavy (non-hydrogen) atoms. The Morgan fingerprint density at radius 2 is 0.747 bits per heavy atom. The Balaban J connectivity index is 0.000000170. The van der Waals surface area contributed by atoms with Crippen LogP contribution in [0.25, 0.3) is 32.7 Å². The highest BCUT2D eigenvalue weighted by molar-refractivity contribution is 6.36. The summed E-state index contributed by atoms with van der Waals surface area (Å²) < 4.78 is 0. The third-order valence-electron chi connectivity index (χ3n) is 18.4. The van der Waals surface area contributed by atoms with Gasteiger partial charge in [0.05, 0.1) is 28.6 Å². The van der Waals surface area contributed by atoms with E-state index < -0.39 is 24.1 Å². The summed E-state index contributed by atoms with van der Waals surface area (Å²) in [6.45, 7) is 5.54. The summed E-state index contributed by atoms with van der Waals surface area (Å²) in [6.07, 6.45) is 15.3. The number of nitrogens with two attached hydrogens (primary N) is 1. The fourth-order valence-corrected chi connectivity index (χ4v) is 13.5. The van der Waals surface area contributed by atoms with Gasteiger partial charge < -0.3 is 26.8 Å². The monoisotopic (exact) mass is 1360 g/mol. The van der Waals surface area contributed by atoms with Crippen LogP contribution in [0.5, 0.6) is 0 Å². The second-order valence-electron chi connectivity index (χ2n) is 25.0. The largest absolute Gasteiger partial charge is 0.480 e. The summed E-state index contributed by atoms with van der Waals surface area (Å²) in [4.78, 5) is 86.5. The number of carbonyl (C=O) groups is 6. The van der Waals surface area contributed by atoms with Crippen molar-refractivity contribution in [3.8, 4) is 0 Å². The summed E-state index contributed by atoms with van der Waals surface area (Å²) in [6, 6.07) is 52.0. The number of Topliss-reactive ketones (excluding diaryl/α,β-unsaturated/α-hetero) is 2. The van der Waals surface area contributed by atoms with Gasteiger partial charge in [-0.1, -0.05) is 144 Å². The van der Waals surface area contributed by atoms with Gasteiger partial charge in [-0.25, -0.2) is 0 Å². The van der Waals surface area contributed by atoms with Gasteiger partial charge in [0.25, 0.3) is 0 Å². The number of nitrogens with zero attached hydrogens (tertiary/aromatic N) is 3. The van der Waals surface area contributed by atoms with Crippen LogP contribution in [0, 0.1) is 17.8 Å². The molecule has 3 aliphatic carbocycles. The molecule has 0 spiro atoms. The van der Waals surface area contributed by atoms with Gasteiger partial charge >= 0.3 is 5.97 Å². The first-order chi connectivity index (χ1) is 45.4. The molecule has 0 aliphatic heterocycles. The predicted molar refractivity (Wildman–Crippen MR) is 382 cm³/mol. The Labute approximate surface area is 577 Å². The molecule has 0 radical (unpaired) electrons. The molecule has 0 saturated heterocycles. The van der Waals surface area contributed by atoms with Crippen LogP contribution in [0.15, 0.2) is 182 Å². The van der Waals surface area contributed by atoms with Crippen molar-refractivity contribution in [2.24, 2.45) is 23.5 Å². The highest BCUT2D eigenvalue weighted by atomic mass is 35.5. The van der Waals surface area contributed by atoms with E-state index in [-0.39, 0.29) is 59.4 Å². The Morgan fingerprint density at radius 1 is 0.442 bits per heavy atom. The average Bonchev–Trinajstić information content (AvgIpc) is 1.86. The first kappa shape index (κ1) is 72.7. The van der Waals surface area contributed by atoms with Crippen LogP contribution in [-0.2, 0) is 48.2 Å². The van der Waals surface area contributed by atoms with Gasteiger partial charge in [0.15, 0.2) is 11.6 Å². The lowest BCUT2D eigenvalue weighted by Crippen LogP contribution is -2.41. The zero-order chi connectivity index (χ0) is 66.7. The lowest BCUT2D eigenvalue weighted by Gasteiger charge is -2.17. The summed E-state index contributed by atoms with van der Waals surface area (Å²) in [5.74, 6) is 0.0978.